The van der Waals surface area contributed by atoms with E-state index < -0.39 is 0 Å². The molecule has 5 fully saturated rings. The van der Waals surface area contributed by atoms with Gasteiger partial charge in [0.05, 0.1) is 0 Å². The van der Waals surface area contributed by atoms with Gasteiger partial charge in [-0.15, -0.1) is 0 Å². The Labute approximate surface area is 144 Å². The Hall–Kier alpha value is 0. The van der Waals surface area contributed by atoms with Crippen LogP contribution in [0.15, 0.2) is 0 Å². The van der Waals surface area contributed by atoms with E-state index in [0.29, 0.717) is 0 Å². The molecule has 0 bridgehead atoms. The summed E-state index contributed by atoms with van der Waals surface area (Å²) < 4.78 is 0. The first-order valence-electron chi connectivity index (χ1n) is 11.0. The minimum absolute atomic E-state index is 0.822. The van der Waals surface area contributed by atoms with E-state index in [1.165, 1.54) is 12.8 Å². The Bertz CT molecular complexity index is 494. The largest absolute Gasteiger partial charge is 0.0648 e. The zero-order valence-electron chi connectivity index (χ0n) is 16.0. The van der Waals surface area contributed by atoms with Crippen LogP contribution < -0.4 is 0 Å². The molecule has 1 spiro atoms. The number of rotatable bonds is 6. The average Bonchev–Trinajstić information content (AvgIpc) is 3.33. The van der Waals surface area contributed by atoms with E-state index in [4.69, 9.17) is 0 Å². The molecule has 5 rings (SSSR count). The quantitative estimate of drug-likeness (QED) is 0.521. The fourth-order valence-corrected chi connectivity index (χ4v) is 8.57. The summed E-state index contributed by atoms with van der Waals surface area (Å²) in [7, 11) is 0. The van der Waals surface area contributed by atoms with Crippen molar-refractivity contribution in [2.24, 2.45) is 58.2 Å². The van der Waals surface area contributed by atoms with Crippen molar-refractivity contribution >= 4 is 0 Å². The maximum atomic E-state index is 2.57. The zero-order chi connectivity index (χ0) is 16.0. The molecule has 0 amide bonds. The Balaban J connectivity index is 1.15. The zero-order valence-corrected chi connectivity index (χ0v) is 16.0. The topological polar surface area (TPSA) is 0 Å². The molecule has 0 aliphatic heterocycles. The highest BCUT2D eigenvalue weighted by Crippen LogP contribution is 2.76. The lowest BCUT2D eigenvalue weighted by Gasteiger charge is -2.59. The third-order valence-corrected chi connectivity index (χ3v) is 10.3. The van der Waals surface area contributed by atoms with E-state index in [2.05, 4.69) is 27.7 Å². The summed E-state index contributed by atoms with van der Waals surface area (Å²) in [6, 6.07) is 0. The van der Waals surface area contributed by atoms with E-state index in [1.807, 2.05) is 0 Å². The molecule has 0 heteroatoms. The lowest BCUT2D eigenvalue weighted by molar-refractivity contribution is -0.105. The van der Waals surface area contributed by atoms with Gasteiger partial charge in [0, 0.05) is 0 Å². The Morgan fingerprint density at radius 3 is 2.43 bits per heavy atom. The minimum atomic E-state index is 0.822. The molecular formula is C23H38. The summed E-state index contributed by atoms with van der Waals surface area (Å²) in [6.07, 6.45) is 14.1. The Morgan fingerprint density at radius 2 is 1.83 bits per heavy atom. The van der Waals surface area contributed by atoms with Crippen LogP contribution in [0.1, 0.15) is 85.5 Å². The Kier molecular flexibility index (Phi) is 3.18. The van der Waals surface area contributed by atoms with Gasteiger partial charge in [0.25, 0.3) is 0 Å². The fourth-order valence-electron chi connectivity index (χ4n) is 8.57. The van der Waals surface area contributed by atoms with Gasteiger partial charge in [-0.05, 0) is 110 Å². The van der Waals surface area contributed by atoms with Crippen LogP contribution in [-0.2, 0) is 0 Å². The molecule has 0 aromatic carbocycles. The second kappa shape index (κ2) is 4.79. The normalized spacial score (nSPS) is 59.7. The summed E-state index contributed by atoms with van der Waals surface area (Å²) in [4.78, 5) is 0. The van der Waals surface area contributed by atoms with E-state index >= 15 is 0 Å². The first kappa shape index (κ1) is 15.3. The van der Waals surface area contributed by atoms with Crippen molar-refractivity contribution in [1.82, 2.24) is 0 Å². The highest BCUT2D eigenvalue weighted by molar-refractivity contribution is 5.17. The molecule has 5 saturated carbocycles. The molecule has 5 aliphatic rings. The predicted octanol–water partition coefficient (Wildman–Crippen LogP) is 6.55. The number of hydrogen-bond donors (Lipinski definition) is 0. The number of fused-ring (bicyclic) bond motifs is 3. The maximum Gasteiger partial charge on any atom is -0.0212 e. The van der Waals surface area contributed by atoms with Crippen molar-refractivity contribution in [3.63, 3.8) is 0 Å². The van der Waals surface area contributed by atoms with E-state index in [0.717, 1.165) is 58.2 Å². The van der Waals surface area contributed by atoms with Crippen molar-refractivity contribution in [2.45, 2.75) is 85.5 Å². The molecule has 23 heavy (non-hydrogen) atoms. The second-order valence-corrected chi connectivity index (χ2v) is 11.0. The number of hydrogen-bond acceptors (Lipinski definition) is 0. The summed E-state index contributed by atoms with van der Waals surface area (Å²) in [6.45, 7) is 10.1. The summed E-state index contributed by atoms with van der Waals surface area (Å²) in [5, 5.41) is 0. The lowest BCUT2D eigenvalue weighted by Crippen LogP contribution is -2.52. The van der Waals surface area contributed by atoms with Crippen molar-refractivity contribution < 1.29 is 0 Å². The SMILES string of the molecule is CCC12C(CCC(C)CC3CC34CC4C)CC1CC1C(C)CC12. The minimum Gasteiger partial charge on any atom is -0.0648 e. The molecule has 0 saturated heterocycles. The molecule has 0 heterocycles. The average molecular weight is 315 g/mol. The fraction of sp³-hybridized carbons (Fsp3) is 1.00. The van der Waals surface area contributed by atoms with E-state index in [9.17, 15) is 0 Å². The van der Waals surface area contributed by atoms with Crippen LogP contribution in [0.25, 0.3) is 0 Å². The van der Waals surface area contributed by atoms with Crippen LogP contribution in [-0.4, -0.2) is 0 Å². The van der Waals surface area contributed by atoms with Gasteiger partial charge in [0.2, 0.25) is 0 Å². The van der Waals surface area contributed by atoms with Crippen molar-refractivity contribution in [3.05, 3.63) is 0 Å². The van der Waals surface area contributed by atoms with E-state index in [-0.39, 0.29) is 0 Å². The molecule has 0 N–H and O–H groups in total. The first-order valence-corrected chi connectivity index (χ1v) is 11.0. The highest BCUT2D eigenvalue weighted by Gasteiger charge is 2.68. The third kappa shape index (κ3) is 1.90. The summed E-state index contributed by atoms with van der Waals surface area (Å²) >= 11 is 0. The van der Waals surface area contributed by atoms with Gasteiger partial charge in [-0.2, -0.15) is 0 Å². The molecule has 10 atom stereocenters. The maximum absolute atomic E-state index is 2.57. The van der Waals surface area contributed by atoms with Crippen molar-refractivity contribution in [2.75, 3.05) is 0 Å². The first-order chi connectivity index (χ1) is 11.0. The molecular weight excluding hydrogens is 276 g/mol. The second-order valence-electron chi connectivity index (χ2n) is 11.0. The van der Waals surface area contributed by atoms with Crippen molar-refractivity contribution in [3.8, 4) is 0 Å². The molecule has 0 aromatic rings. The summed E-state index contributed by atoms with van der Waals surface area (Å²) in [5.74, 6) is 8.77. The van der Waals surface area contributed by atoms with Gasteiger partial charge in [-0.1, -0.05) is 34.1 Å². The van der Waals surface area contributed by atoms with Crippen LogP contribution in [0, 0.1) is 58.2 Å². The van der Waals surface area contributed by atoms with Crippen LogP contribution in [0.3, 0.4) is 0 Å². The monoisotopic (exact) mass is 314 g/mol. The van der Waals surface area contributed by atoms with Gasteiger partial charge in [0.15, 0.2) is 0 Å². The van der Waals surface area contributed by atoms with Gasteiger partial charge in [0.1, 0.15) is 0 Å². The van der Waals surface area contributed by atoms with E-state index in [1.54, 1.807) is 44.9 Å². The van der Waals surface area contributed by atoms with Gasteiger partial charge in [-0.25, -0.2) is 0 Å². The van der Waals surface area contributed by atoms with Crippen LogP contribution in [0.4, 0.5) is 0 Å². The van der Waals surface area contributed by atoms with Crippen LogP contribution >= 0.6 is 0 Å². The molecule has 130 valence electrons. The van der Waals surface area contributed by atoms with Crippen molar-refractivity contribution in [1.29, 1.82) is 0 Å². The van der Waals surface area contributed by atoms with Crippen LogP contribution in [0.5, 0.6) is 0 Å². The smallest absolute Gasteiger partial charge is 0.0212 e. The third-order valence-electron chi connectivity index (χ3n) is 10.3. The Morgan fingerprint density at radius 1 is 1.04 bits per heavy atom. The molecule has 10 unspecified atom stereocenters. The summed E-state index contributed by atoms with van der Waals surface area (Å²) in [5.41, 5.74) is 1.71. The molecule has 0 aromatic heterocycles. The molecule has 0 nitrogen and oxygen atoms in total. The van der Waals surface area contributed by atoms with Gasteiger partial charge >= 0.3 is 0 Å². The molecule has 5 aliphatic carbocycles. The van der Waals surface area contributed by atoms with Crippen LogP contribution in [0.2, 0.25) is 0 Å². The standard InChI is InChI=1S/C23H38/c1-5-23-17(10-18(23)11-20-15(3)9-21(20)23)7-6-14(2)8-19-13-22(19)12-16(22)4/h14-21H,5-13H2,1-4H3. The molecule has 0 radical (unpaired) electrons. The van der Waals surface area contributed by atoms with Gasteiger partial charge < -0.3 is 0 Å². The highest BCUT2D eigenvalue weighted by atomic mass is 14.7. The lowest BCUT2D eigenvalue weighted by atomic mass is 9.46. The van der Waals surface area contributed by atoms with Gasteiger partial charge in [-0.3, -0.25) is 0 Å². The predicted molar refractivity (Wildman–Crippen MR) is 97.0 cm³/mol.